The molecule has 1 aliphatic rings. The van der Waals surface area contributed by atoms with E-state index in [1.54, 1.807) is 0 Å². The van der Waals surface area contributed by atoms with Gasteiger partial charge in [0.1, 0.15) is 11.6 Å². The molecule has 0 aromatic carbocycles. The second-order valence-electron chi connectivity index (χ2n) is 5.07. The quantitative estimate of drug-likeness (QED) is 0.840. The van der Waals surface area contributed by atoms with E-state index in [0.717, 1.165) is 27.4 Å². The zero-order valence-corrected chi connectivity index (χ0v) is 13.1. The van der Waals surface area contributed by atoms with E-state index in [9.17, 15) is 0 Å². The van der Waals surface area contributed by atoms with Crippen LogP contribution in [0, 0.1) is 9.49 Å². The number of halogens is 1. The molecular weight excluding hydrogens is 353 g/mol. The minimum absolute atomic E-state index is 0.528. The maximum absolute atomic E-state index is 5.94. The van der Waals surface area contributed by atoms with Crippen LogP contribution in [0.15, 0.2) is 16.5 Å². The summed E-state index contributed by atoms with van der Waals surface area (Å²) in [5.41, 5.74) is 6.91. The van der Waals surface area contributed by atoms with Crippen LogP contribution in [0.3, 0.4) is 0 Å². The van der Waals surface area contributed by atoms with Gasteiger partial charge in [-0.15, -0.1) is 0 Å². The van der Waals surface area contributed by atoms with E-state index in [1.807, 2.05) is 12.1 Å². The molecule has 1 aliphatic carbocycles. The predicted molar refractivity (Wildman–Crippen MR) is 82.8 cm³/mol. The second-order valence-corrected chi connectivity index (χ2v) is 6.15. The molecule has 0 bridgehead atoms. The molecule has 2 N–H and O–H groups in total. The Morgan fingerprint density at radius 3 is 2.79 bits per heavy atom. The van der Waals surface area contributed by atoms with Gasteiger partial charge >= 0.3 is 0 Å². The zero-order valence-electron chi connectivity index (χ0n) is 11.0. The van der Waals surface area contributed by atoms with Crippen LogP contribution in [0.1, 0.15) is 37.6 Å². The van der Waals surface area contributed by atoms with Gasteiger partial charge in [0.2, 0.25) is 0 Å². The fraction of sp³-hybridized carbons (Fsp3) is 0.429. The van der Waals surface area contributed by atoms with Crippen molar-refractivity contribution in [2.75, 3.05) is 5.73 Å². The Morgan fingerprint density at radius 2 is 2.16 bits per heavy atom. The highest BCUT2D eigenvalue weighted by atomic mass is 127. The lowest BCUT2D eigenvalue weighted by molar-refractivity contribution is 0.514. The Balaban J connectivity index is 1.97. The van der Waals surface area contributed by atoms with Crippen LogP contribution in [-0.2, 0) is 6.42 Å². The molecule has 0 aliphatic heterocycles. The third-order valence-corrected chi connectivity index (χ3v) is 4.78. The third kappa shape index (κ3) is 2.35. The molecule has 100 valence electrons. The maximum Gasteiger partial charge on any atom is 0.197 e. The highest BCUT2D eigenvalue weighted by molar-refractivity contribution is 14.1. The lowest BCUT2D eigenvalue weighted by atomic mass is 10.3. The number of anilines is 1. The minimum atomic E-state index is 0.528. The molecule has 0 radical (unpaired) electrons. The number of nitrogens with two attached hydrogens (primary N) is 1. The number of nitrogens with zero attached hydrogens (tertiary/aromatic N) is 2. The van der Waals surface area contributed by atoms with Crippen molar-refractivity contribution in [1.82, 2.24) is 9.97 Å². The minimum Gasteiger partial charge on any atom is -0.457 e. The summed E-state index contributed by atoms with van der Waals surface area (Å²) in [5, 5.41) is 0. The van der Waals surface area contributed by atoms with E-state index in [1.165, 1.54) is 6.42 Å². The first-order valence-corrected chi connectivity index (χ1v) is 7.60. The summed E-state index contributed by atoms with van der Waals surface area (Å²) < 4.78 is 6.81. The van der Waals surface area contributed by atoms with Crippen molar-refractivity contribution < 1.29 is 4.42 Å². The van der Waals surface area contributed by atoms with Crippen LogP contribution in [0.2, 0.25) is 0 Å². The lowest BCUT2D eigenvalue weighted by Crippen LogP contribution is -2.03. The molecule has 4 nitrogen and oxygen atoms in total. The molecule has 19 heavy (non-hydrogen) atoms. The molecule has 0 spiro atoms. The molecule has 2 unspecified atom stereocenters. The Bertz CT molecular complexity index is 623. The molecule has 2 aromatic rings. The van der Waals surface area contributed by atoms with Gasteiger partial charge in [0, 0.05) is 5.92 Å². The second kappa shape index (κ2) is 4.77. The monoisotopic (exact) mass is 369 g/mol. The normalized spacial score (nSPS) is 21.6. The van der Waals surface area contributed by atoms with Crippen molar-refractivity contribution >= 4 is 28.4 Å². The average Bonchev–Trinajstić information content (AvgIpc) is 2.93. The van der Waals surface area contributed by atoms with Gasteiger partial charge < -0.3 is 10.2 Å². The number of aromatic nitrogens is 2. The standard InChI is InChI=1S/C14H16IN3O/c1-3-9-12(15)13(16)18-14(17-9)11-5-4-10(19-11)8-6-7(8)2/h4-5,7-8H,3,6H2,1-2H3,(H2,16,17,18). The van der Waals surface area contributed by atoms with Gasteiger partial charge in [0.25, 0.3) is 0 Å². The molecule has 5 heteroatoms. The van der Waals surface area contributed by atoms with Gasteiger partial charge in [0.05, 0.1) is 9.26 Å². The Kier molecular flexibility index (Phi) is 3.24. The summed E-state index contributed by atoms with van der Waals surface area (Å²) in [4.78, 5) is 8.87. The highest BCUT2D eigenvalue weighted by Crippen LogP contribution is 2.47. The maximum atomic E-state index is 5.94. The van der Waals surface area contributed by atoms with E-state index in [0.29, 0.717) is 23.3 Å². The number of aryl methyl sites for hydroxylation is 1. The molecule has 2 atom stereocenters. The number of nitrogen functional groups attached to an aromatic ring is 1. The molecule has 1 saturated carbocycles. The first-order chi connectivity index (χ1) is 9.10. The zero-order chi connectivity index (χ0) is 13.6. The predicted octanol–water partition coefficient (Wildman–Crippen LogP) is 3.61. The fourth-order valence-electron chi connectivity index (χ4n) is 2.25. The Labute approximate surface area is 126 Å². The van der Waals surface area contributed by atoms with Crippen molar-refractivity contribution in [2.24, 2.45) is 5.92 Å². The first kappa shape index (κ1) is 12.9. The van der Waals surface area contributed by atoms with Crippen molar-refractivity contribution in [3.8, 4) is 11.6 Å². The molecule has 1 fully saturated rings. The molecule has 0 saturated heterocycles. The summed E-state index contributed by atoms with van der Waals surface area (Å²) in [6, 6.07) is 3.98. The van der Waals surface area contributed by atoms with E-state index < -0.39 is 0 Å². The van der Waals surface area contributed by atoms with E-state index in [-0.39, 0.29) is 0 Å². The van der Waals surface area contributed by atoms with Crippen LogP contribution < -0.4 is 5.73 Å². The van der Waals surface area contributed by atoms with Gasteiger partial charge in [-0.05, 0) is 53.5 Å². The average molecular weight is 369 g/mol. The van der Waals surface area contributed by atoms with Gasteiger partial charge in [-0.25, -0.2) is 9.97 Å². The molecular formula is C14H16IN3O. The molecule has 2 heterocycles. The SMILES string of the molecule is CCc1nc(-c2ccc(C3CC3C)o2)nc(N)c1I. The van der Waals surface area contributed by atoms with Gasteiger partial charge in [-0.2, -0.15) is 0 Å². The first-order valence-electron chi connectivity index (χ1n) is 6.52. The summed E-state index contributed by atoms with van der Waals surface area (Å²) in [7, 11) is 0. The van der Waals surface area contributed by atoms with Crippen molar-refractivity contribution in [3.05, 3.63) is 27.2 Å². The van der Waals surface area contributed by atoms with Gasteiger partial charge in [0.15, 0.2) is 11.6 Å². The Morgan fingerprint density at radius 1 is 1.42 bits per heavy atom. The molecule has 3 rings (SSSR count). The van der Waals surface area contributed by atoms with Gasteiger partial charge in [-0.1, -0.05) is 13.8 Å². The number of hydrogen-bond acceptors (Lipinski definition) is 4. The van der Waals surface area contributed by atoms with Crippen LogP contribution in [0.5, 0.6) is 0 Å². The third-order valence-electron chi connectivity index (χ3n) is 3.60. The van der Waals surface area contributed by atoms with Crippen LogP contribution in [0.25, 0.3) is 11.6 Å². The summed E-state index contributed by atoms with van der Waals surface area (Å²) in [5.74, 6) is 4.18. The summed E-state index contributed by atoms with van der Waals surface area (Å²) >= 11 is 2.19. The van der Waals surface area contributed by atoms with E-state index >= 15 is 0 Å². The number of hydrogen-bond donors (Lipinski definition) is 1. The molecule has 0 amide bonds. The van der Waals surface area contributed by atoms with Crippen molar-refractivity contribution in [2.45, 2.75) is 32.6 Å². The fourth-order valence-corrected chi connectivity index (χ4v) is 2.87. The largest absolute Gasteiger partial charge is 0.457 e. The Hall–Kier alpha value is -1.11. The summed E-state index contributed by atoms with van der Waals surface area (Å²) in [6.07, 6.45) is 2.05. The van der Waals surface area contributed by atoms with Crippen LogP contribution in [0.4, 0.5) is 5.82 Å². The highest BCUT2D eigenvalue weighted by Gasteiger charge is 2.36. The van der Waals surface area contributed by atoms with Gasteiger partial charge in [-0.3, -0.25) is 0 Å². The van der Waals surface area contributed by atoms with Crippen LogP contribution in [-0.4, -0.2) is 9.97 Å². The molecule has 2 aromatic heterocycles. The van der Waals surface area contributed by atoms with E-state index in [2.05, 4.69) is 46.4 Å². The lowest BCUT2D eigenvalue weighted by Gasteiger charge is -2.05. The number of furan rings is 1. The summed E-state index contributed by atoms with van der Waals surface area (Å²) in [6.45, 7) is 4.30. The topological polar surface area (TPSA) is 64.9 Å². The number of rotatable bonds is 3. The van der Waals surface area contributed by atoms with Crippen LogP contribution >= 0.6 is 22.6 Å². The smallest absolute Gasteiger partial charge is 0.197 e. The van der Waals surface area contributed by atoms with Crippen molar-refractivity contribution in [1.29, 1.82) is 0 Å². The van der Waals surface area contributed by atoms with Crippen molar-refractivity contribution in [3.63, 3.8) is 0 Å². The van der Waals surface area contributed by atoms with E-state index in [4.69, 9.17) is 10.2 Å².